The normalized spacial score (nSPS) is 13.4. The van der Waals surface area contributed by atoms with E-state index < -0.39 is 21.2 Å². The van der Waals surface area contributed by atoms with Crippen LogP contribution in [0, 0.1) is 0 Å². The maximum atomic E-state index is 12.1. The van der Waals surface area contributed by atoms with Gasteiger partial charge in [0.2, 0.25) is 10.0 Å². The Bertz CT molecular complexity index is 704. The maximum absolute atomic E-state index is 12.1. The molecule has 0 saturated carbocycles. The minimum Gasteiger partial charge on any atom is -0.361 e. The molecule has 2 N–H and O–H groups in total. The summed E-state index contributed by atoms with van der Waals surface area (Å²) >= 11 is 0. The van der Waals surface area contributed by atoms with Crippen LogP contribution in [0.4, 0.5) is 0 Å². The standard InChI is InChI=1S/C13H16N2O3S/c1-3-9(2)19(17,18)15-13(16)11-6-4-5-10-7-8-14-12(10)11/h4-9,14H,3H2,1-2H3,(H,15,16)/t9-/m1/s1. The number of aromatic amines is 1. The second kappa shape index (κ2) is 5.05. The van der Waals surface area contributed by atoms with E-state index in [0.717, 1.165) is 5.39 Å². The van der Waals surface area contributed by atoms with Crippen molar-refractivity contribution in [2.75, 3.05) is 0 Å². The van der Waals surface area contributed by atoms with E-state index in [1.807, 2.05) is 12.1 Å². The van der Waals surface area contributed by atoms with Gasteiger partial charge in [-0.05, 0) is 25.5 Å². The Labute approximate surface area is 112 Å². The first-order valence-corrected chi connectivity index (χ1v) is 7.62. The van der Waals surface area contributed by atoms with Crippen LogP contribution in [0.2, 0.25) is 0 Å². The second-order valence-electron chi connectivity index (χ2n) is 4.44. The van der Waals surface area contributed by atoms with Crippen LogP contribution in [0.3, 0.4) is 0 Å². The van der Waals surface area contributed by atoms with Crippen molar-refractivity contribution >= 4 is 26.8 Å². The Kier molecular flexibility index (Phi) is 3.61. The van der Waals surface area contributed by atoms with Crippen molar-refractivity contribution in [2.24, 2.45) is 0 Å². The van der Waals surface area contributed by atoms with Gasteiger partial charge in [0, 0.05) is 11.6 Å². The van der Waals surface area contributed by atoms with E-state index in [9.17, 15) is 13.2 Å². The number of hydrogen-bond acceptors (Lipinski definition) is 3. The lowest BCUT2D eigenvalue weighted by atomic mass is 10.1. The molecule has 2 rings (SSSR count). The van der Waals surface area contributed by atoms with E-state index in [2.05, 4.69) is 9.71 Å². The summed E-state index contributed by atoms with van der Waals surface area (Å²) in [6.07, 6.45) is 2.17. The number of para-hydroxylation sites is 1. The van der Waals surface area contributed by atoms with Crippen molar-refractivity contribution in [2.45, 2.75) is 25.5 Å². The summed E-state index contributed by atoms with van der Waals surface area (Å²) < 4.78 is 25.9. The number of amides is 1. The number of nitrogens with one attached hydrogen (secondary N) is 2. The molecule has 5 nitrogen and oxygen atoms in total. The van der Waals surface area contributed by atoms with Crippen molar-refractivity contribution in [3.8, 4) is 0 Å². The minimum atomic E-state index is -3.62. The van der Waals surface area contributed by atoms with Crippen molar-refractivity contribution in [3.05, 3.63) is 36.0 Å². The molecule has 2 aromatic rings. The van der Waals surface area contributed by atoms with Crippen molar-refractivity contribution < 1.29 is 13.2 Å². The Morgan fingerprint density at radius 3 is 2.79 bits per heavy atom. The SMILES string of the molecule is CC[C@@H](C)S(=O)(=O)NC(=O)c1cccc2cc[nH]c12. The summed E-state index contributed by atoms with van der Waals surface area (Å²) in [5.74, 6) is -0.603. The van der Waals surface area contributed by atoms with E-state index in [1.54, 1.807) is 32.2 Å². The largest absolute Gasteiger partial charge is 0.361 e. The van der Waals surface area contributed by atoms with E-state index in [1.165, 1.54) is 0 Å². The molecule has 0 unspecified atom stereocenters. The molecule has 1 aromatic heterocycles. The third-order valence-electron chi connectivity index (χ3n) is 3.17. The van der Waals surface area contributed by atoms with Crippen molar-refractivity contribution in [1.82, 2.24) is 9.71 Å². The van der Waals surface area contributed by atoms with Gasteiger partial charge in [0.25, 0.3) is 5.91 Å². The van der Waals surface area contributed by atoms with E-state index in [4.69, 9.17) is 0 Å². The number of H-pyrrole nitrogens is 1. The molecule has 0 radical (unpaired) electrons. The lowest BCUT2D eigenvalue weighted by molar-refractivity contribution is 0.0982. The monoisotopic (exact) mass is 280 g/mol. The molecule has 19 heavy (non-hydrogen) atoms. The molecule has 0 aliphatic rings. The highest BCUT2D eigenvalue weighted by molar-refractivity contribution is 7.90. The van der Waals surface area contributed by atoms with Crippen LogP contribution in [-0.2, 0) is 10.0 Å². The Hall–Kier alpha value is -1.82. The van der Waals surface area contributed by atoms with Gasteiger partial charge in [-0.25, -0.2) is 13.1 Å². The van der Waals surface area contributed by atoms with Crippen molar-refractivity contribution in [3.63, 3.8) is 0 Å². The van der Waals surface area contributed by atoms with Crippen molar-refractivity contribution in [1.29, 1.82) is 0 Å². The van der Waals surface area contributed by atoms with E-state index in [-0.39, 0.29) is 0 Å². The number of rotatable bonds is 4. The van der Waals surface area contributed by atoms with Crippen LogP contribution in [0.25, 0.3) is 10.9 Å². The average Bonchev–Trinajstić information content (AvgIpc) is 2.84. The molecule has 1 heterocycles. The molecule has 0 aliphatic heterocycles. The van der Waals surface area contributed by atoms with Gasteiger partial charge < -0.3 is 4.98 Å². The first-order chi connectivity index (χ1) is 8.95. The van der Waals surface area contributed by atoms with Crippen LogP contribution in [0.15, 0.2) is 30.5 Å². The summed E-state index contributed by atoms with van der Waals surface area (Å²) in [5.41, 5.74) is 0.966. The zero-order valence-corrected chi connectivity index (χ0v) is 11.6. The molecule has 1 aromatic carbocycles. The third kappa shape index (κ3) is 2.63. The van der Waals surface area contributed by atoms with Gasteiger partial charge in [-0.3, -0.25) is 4.79 Å². The van der Waals surface area contributed by atoms with E-state index >= 15 is 0 Å². The van der Waals surface area contributed by atoms with Crippen LogP contribution < -0.4 is 4.72 Å². The van der Waals surface area contributed by atoms with Crippen LogP contribution >= 0.6 is 0 Å². The smallest absolute Gasteiger partial charge is 0.266 e. The fourth-order valence-corrected chi connectivity index (χ4v) is 2.79. The van der Waals surface area contributed by atoms with Gasteiger partial charge in [-0.15, -0.1) is 0 Å². The van der Waals surface area contributed by atoms with Gasteiger partial charge in [-0.1, -0.05) is 19.1 Å². The molecular weight excluding hydrogens is 264 g/mol. The number of aromatic nitrogens is 1. The summed E-state index contributed by atoms with van der Waals surface area (Å²) in [7, 11) is -3.62. The van der Waals surface area contributed by atoms with Gasteiger partial charge in [0.05, 0.1) is 16.3 Å². The number of benzene rings is 1. The molecule has 1 amide bonds. The maximum Gasteiger partial charge on any atom is 0.266 e. The number of hydrogen-bond donors (Lipinski definition) is 2. The molecule has 102 valence electrons. The number of sulfonamides is 1. The predicted octanol–water partition coefficient (Wildman–Crippen LogP) is 2.03. The molecule has 0 fully saturated rings. The Morgan fingerprint density at radius 1 is 1.37 bits per heavy atom. The highest BCUT2D eigenvalue weighted by Crippen LogP contribution is 2.17. The topological polar surface area (TPSA) is 79.0 Å². The lowest BCUT2D eigenvalue weighted by Crippen LogP contribution is -2.36. The van der Waals surface area contributed by atoms with Crippen LogP contribution in [0.1, 0.15) is 30.6 Å². The molecule has 0 aliphatic carbocycles. The first-order valence-electron chi connectivity index (χ1n) is 6.07. The molecule has 0 spiro atoms. The summed E-state index contributed by atoms with van der Waals surface area (Å²) in [6.45, 7) is 3.34. The number of fused-ring (bicyclic) bond motifs is 1. The van der Waals surface area contributed by atoms with Gasteiger partial charge in [0.15, 0.2) is 0 Å². The Morgan fingerprint density at radius 2 is 2.11 bits per heavy atom. The number of carbonyl (C=O) groups is 1. The second-order valence-corrected chi connectivity index (χ2v) is 6.54. The lowest BCUT2D eigenvalue weighted by Gasteiger charge is -2.12. The zero-order chi connectivity index (χ0) is 14.0. The quantitative estimate of drug-likeness (QED) is 0.899. The minimum absolute atomic E-state index is 0.328. The van der Waals surface area contributed by atoms with Gasteiger partial charge >= 0.3 is 0 Å². The summed E-state index contributed by atoms with van der Waals surface area (Å²) in [5, 5.41) is 0.271. The molecular formula is C13H16N2O3S. The molecule has 0 saturated heterocycles. The Balaban J connectivity index is 2.33. The summed E-state index contributed by atoms with van der Waals surface area (Å²) in [4.78, 5) is 15.0. The number of carbonyl (C=O) groups excluding carboxylic acids is 1. The fourth-order valence-electron chi connectivity index (χ4n) is 1.78. The third-order valence-corrected chi connectivity index (χ3v) is 5.03. The molecule has 0 bridgehead atoms. The van der Waals surface area contributed by atoms with Crippen LogP contribution in [0.5, 0.6) is 0 Å². The highest BCUT2D eigenvalue weighted by atomic mass is 32.2. The van der Waals surface area contributed by atoms with E-state index in [0.29, 0.717) is 17.5 Å². The molecule has 6 heteroatoms. The highest BCUT2D eigenvalue weighted by Gasteiger charge is 2.23. The average molecular weight is 280 g/mol. The van der Waals surface area contributed by atoms with Gasteiger partial charge in [-0.2, -0.15) is 0 Å². The fraction of sp³-hybridized carbons (Fsp3) is 0.308. The van der Waals surface area contributed by atoms with Crippen LogP contribution in [-0.4, -0.2) is 24.6 Å². The first kappa shape index (κ1) is 13.6. The molecule has 1 atom stereocenters. The summed E-state index contributed by atoms with van der Waals surface area (Å²) in [6, 6.07) is 7.00. The van der Waals surface area contributed by atoms with Gasteiger partial charge in [0.1, 0.15) is 0 Å². The zero-order valence-electron chi connectivity index (χ0n) is 10.8. The predicted molar refractivity (Wildman–Crippen MR) is 74.4 cm³/mol.